The summed E-state index contributed by atoms with van der Waals surface area (Å²) in [4.78, 5) is 43.4. The molecule has 0 aliphatic rings. The average Bonchev–Trinajstić information content (AvgIpc) is 2.83. The first kappa shape index (κ1) is 22.8. The van der Waals surface area contributed by atoms with E-state index in [1.807, 2.05) is 25.1 Å². The number of aryl methyl sites for hydroxylation is 1. The van der Waals surface area contributed by atoms with Crippen LogP contribution in [-0.4, -0.2) is 31.8 Å². The molecule has 0 bridgehead atoms. The zero-order valence-electron chi connectivity index (χ0n) is 18.4. The Morgan fingerprint density at radius 1 is 1.03 bits per heavy atom. The Bertz CT molecular complexity index is 1450. The van der Waals surface area contributed by atoms with Gasteiger partial charge in [0.25, 0.3) is 11.5 Å². The number of amides is 1. The summed E-state index contributed by atoms with van der Waals surface area (Å²) in [6, 6.07) is 18.2. The third-order valence-corrected chi connectivity index (χ3v) is 5.20. The smallest absolute Gasteiger partial charge is 0.350 e. The zero-order valence-corrected chi connectivity index (χ0v) is 18.4. The van der Waals surface area contributed by atoms with E-state index in [1.54, 1.807) is 36.5 Å². The lowest BCUT2D eigenvalue weighted by atomic mass is 10.2. The Kier molecular flexibility index (Phi) is 6.72. The Labute approximate surface area is 194 Å². The number of carbonyl (C=O) groups excluding carboxylic acids is 1. The van der Waals surface area contributed by atoms with Gasteiger partial charge in [0.1, 0.15) is 5.82 Å². The van der Waals surface area contributed by atoms with E-state index >= 15 is 0 Å². The molecule has 0 fully saturated rings. The Balaban J connectivity index is 1.73. The van der Waals surface area contributed by atoms with Crippen molar-refractivity contribution in [3.8, 4) is 5.69 Å². The number of carbonyl (C=O) groups is 1. The molecule has 9 heteroatoms. The van der Waals surface area contributed by atoms with Gasteiger partial charge in [0.2, 0.25) is 5.69 Å². The molecular weight excluding hydrogens is 437 g/mol. The van der Waals surface area contributed by atoms with E-state index in [4.69, 9.17) is 0 Å². The first-order valence-electron chi connectivity index (χ1n) is 10.7. The SMILES string of the molecule is Cc1cccc(-n2nc(C(=O)NCCc3ccccn3)c(=O)n(Cc3ccccc3F)c2=O)c1. The second kappa shape index (κ2) is 10.0. The average molecular weight is 459 g/mol. The van der Waals surface area contributed by atoms with E-state index in [0.29, 0.717) is 12.1 Å². The molecular formula is C25H22FN5O3. The minimum absolute atomic E-state index is 0.144. The summed E-state index contributed by atoms with van der Waals surface area (Å²) in [5.41, 5.74) is 0.0340. The quantitative estimate of drug-likeness (QED) is 0.457. The first-order chi connectivity index (χ1) is 16.4. The van der Waals surface area contributed by atoms with Gasteiger partial charge in [0.15, 0.2) is 0 Å². The summed E-state index contributed by atoms with van der Waals surface area (Å²) in [7, 11) is 0. The summed E-state index contributed by atoms with van der Waals surface area (Å²) >= 11 is 0. The molecule has 4 rings (SSSR count). The standard InChI is InChI=1S/C25H22FN5O3/c1-17-7-6-10-20(15-17)31-25(34)30(16-18-8-2-3-11-21(18)26)24(33)22(29-31)23(32)28-14-12-19-9-4-5-13-27-19/h2-11,13,15H,12,14,16H2,1H3,(H,28,32). The van der Waals surface area contributed by atoms with Gasteiger partial charge in [-0.3, -0.25) is 19.1 Å². The summed E-state index contributed by atoms with van der Waals surface area (Å²) in [5.74, 6) is -1.29. The topological polar surface area (TPSA) is 98.9 Å². The van der Waals surface area contributed by atoms with E-state index in [2.05, 4.69) is 15.4 Å². The lowest BCUT2D eigenvalue weighted by Crippen LogP contribution is -2.46. The molecule has 0 radical (unpaired) electrons. The largest absolute Gasteiger partial charge is 0.352 e. The number of nitrogens with zero attached hydrogens (tertiary/aromatic N) is 4. The second-order valence-electron chi connectivity index (χ2n) is 7.69. The molecule has 0 spiro atoms. The molecule has 0 aliphatic heterocycles. The van der Waals surface area contributed by atoms with Crippen molar-refractivity contribution in [2.75, 3.05) is 6.54 Å². The molecule has 1 N–H and O–H groups in total. The van der Waals surface area contributed by atoms with Crippen LogP contribution >= 0.6 is 0 Å². The molecule has 1 amide bonds. The molecule has 2 aromatic heterocycles. The second-order valence-corrected chi connectivity index (χ2v) is 7.69. The molecule has 2 heterocycles. The van der Waals surface area contributed by atoms with Crippen LogP contribution in [0.2, 0.25) is 0 Å². The molecule has 0 saturated heterocycles. The molecule has 8 nitrogen and oxygen atoms in total. The number of hydrogen-bond donors (Lipinski definition) is 1. The van der Waals surface area contributed by atoms with Crippen molar-refractivity contribution in [2.24, 2.45) is 0 Å². The van der Waals surface area contributed by atoms with Gasteiger partial charge in [-0.1, -0.05) is 36.4 Å². The molecule has 2 aromatic carbocycles. The number of nitrogens with one attached hydrogen (secondary N) is 1. The maximum atomic E-state index is 14.3. The highest BCUT2D eigenvalue weighted by atomic mass is 19.1. The van der Waals surface area contributed by atoms with E-state index in [-0.39, 0.29) is 18.7 Å². The van der Waals surface area contributed by atoms with Crippen LogP contribution in [0.25, 0.3) is 5.69 Å². The van der Waals surface area contributed by atoms with Crippen molar-refractivity contribution in [3.05, 3.63) is 122 Å². The summed E-state index contributed by atoms with van der Waals surface area (Å²) in [5, 5.41) is 6.74. The van der Waals surface area contributed by atoms with Crippen LogP contribution in [0.3, 0.4) is 0 Å². The molecule has 34 heavy (non-hydrogen) atoms. The van der Waals surface area contributed by atoms with Crippen LogP contribution in [0.4, 0.5) is 4.39 Å². The minimum Gasteiger partial charge on any atom is -0.350 e. The molecule has 0 aliphatic carbocycles. The number of pyridine rings is 1. The van der Waals surface area contributed by atoms with E-state index in [0.717, 1.165) is 20.5 Å². The first-order valence-corrected chi connectivity index (χ1v) is 10.7. The van der Waals surface area contributed by atoms with Gasteiger partial charge >= 0.3 is 5.69 Å². The van der Waals surface area contributed by atoms with Crippen LogP contribution in [0.15, 0.2) is 82.5 Å². The number of aromatic nitrogens is 4. The van der Waals surface area contributed by atoms with E-state index in [1.165, 1.54) is 18.2 Å². The van der Waals surface area contributed by atoms with Crippen molar-refractivity contribution in [3.63, 3.8) is 0 Å². The van der Waals surface area contributed by atoms with Gasteiger partial charge < -0.3 is 5.32 Å². The van der Waals surface area contributed by atoms with Crippen molar-refractivity contribution in [1.82, 2.24) is 24.6 Å². The fourth-order valence-electron chi connectivity index (χ4n) is 3.46. The summed E-state index contributed by atoms with van der Waals surface area (Å²) in [6.45, 7) is 1.72. The molecule has 0 saturated carbocycles. The van der Waals surface area contributed by atoms with Crippen LogP contribution in [0, 0.1) is 12.7 Å². The van der Waals surface area contributed by atoms with Crippen molar-refractivity contribution in [1.29, 1.82) is 0 Å². The molecule has 0 unspecified atom stereocenters. The zero-order chi connectivity index (χ0) is 24.1. The number of halogens is 1. The fourth-order valence-corrected chi connectivity index (χ4v) is 3.46. The molecule has 172 valence electrons. The minimum atomic E-state index is -0.896. The monoisotopic (exact) mass is 459 g/mol. The Morgan fingerprint density at radius 3 is 2.56 bits per heavy atom. The van der Waals surface area contributed by atoms with Crippen LogP contribution in [-0.2, 0) is 13.0 Å². The number of rotatable bonds is 7. The number of benzene rings is 2. The van der Waals surface area contributed by atoms with Gasteiger partial charge in [-0.25, -0.2) is 9.18 Å². The van der Waals surface area contributed by atoms with E-state index < -0.39 is 28.7 Å². The number of hydrogen-bond acceptors (Lipinski definition) is 5. The maximum Gasteiger partial charge on any atom is 0.352 e. The predicted octanol–water partition coefficient (Wildman–Crippen LogP) is 2.26. The highest BCUT2D eigenvalue weighted by molar-refractivity contribution is 5.91. The third kappa shape index (κ3) is 4.98. The molecule has 4 aromatic rings. The lowest BCUT2D eigenvalue weighted by Gasteiger charge is -2.13. The van der Waals surface area contributed by atoms with E-state index in [9.17, 15) is 18.8 Å². The van der Waals surface area contributed by atoms with Gasteiger partial charge in [0.05, 0.1) is 12.2 Å². The van der Waals surface area contributed by atoms with Gasteiger partial charge in [-0.2, -0.15) is 9.78 Å². The molecule has 0 atom stereocenters. The highest BCUT2D eigenvalue weighted by Crippen LogP contribution is 2.09. The Hall–Kier alpha value is -4.40. The highest BCUT2D eigenvalue weighted by Gasteiger charge is 2.21. The van der Waals surface area contributed by atoms with Crippen LogP contribution in [0.1, 0.15) is 27.3 Å². The normalized spacial score (nSPS) is 10.8. The van der Waals surface area contributed by atoms with Gasteiger partial charge in [0, 0.05) is 30.4 Å². The maximum absolute atomic E-state index is 14.3. The van der Waals surface area contributed by atoms with Crippen molar-refractivity contribution in [2.45, 2.75) is 19.9 Å². The van der Waals surface area contributed by atoms with Crippen LogP contribution < -0.4 is 16.6 Å². The van der Waals surface area contributed by atoms with Crippen molar-refractivity contribution < 1.29 is 9.18 Å². The van der Waals surface area contributed by atoms with Crippen LogP contribution in [0.5, 0.6) is 0 Å². The van der Waals surface area contributed by atoms with Gasteiger partial charge in [-0.05, 0) is 42.8 Å². The Morgan fingerprint density at radius 2 is 1.82 bits per heavy atom. The third-order valence-electron chi connectivity index (χ3n) is 5.20. The lowest BCUT2D eigenvalue weighted by molar-refractivity contribution is 0.0944. The summed E-state index contributed by atoms with van der Waals surface area (Å²) < 4.78 is 16.1. The fraction of sp³-hybridized carbons (Fsp3) is 0.160. The van der Waals surface area contributed by atoms with Gasteiger partial charge in [-0.15, -0.1) is 0 Å². The summed E-state index contributed by atoms with van der Waals surface area (Å²) in [6.07, 6.45) is 2.10. The van der Waals surface area contributed by atoms with Crippen molar-refractivity contribution >= 4 is 5.91 Å². The predicted molar refractivity (Wildman–Crippen MR) is 125 cm³/mol.